The van der Waals surface area contributed by atoms with Gasteiger partial charge in [-0.25, -0.2) is 0 Å². The number of aliphatic hydroxyl groups is 1. The van der Waals surface area contributed by atoms with Crippen molar-refractivity contribution in [1.82, 2.24) is 9.80 Å². The lowest BCUT2D eigenvalue weighted by Gasteiger charge is -2.34. The standard InChI is InChI=1S/C13H25N3O2S/c1-15(8-5-12(14)19)13(18)6-9-16-7-3-2-4-11(16)10-17/h11,17H,2-10H2,1H3,(H2,14,19). The molecule has 1 saturated heterocycles. The second-order valence-electron chi connectivity index (χ2n) is 5.15. The molecule has 0 aromatic heterocycles. The second kappa shape index (κ2) is 8.45. The third-order valence-electron chi connectivity index (χ3n) is 3.69. The number of hydrogen-bond acceptors (Lipinski definition) is 4. The first-order valence-corrected chi connectivity index (χ1v) is 7.32. The topological polar surface area (TPSA) is 69.8 Å². The van der Waals surface area contributed by atoms with Crippen LogP contribution in [0.5, 0.6) is 0 Å². The molecule has 0 aliphatic carbocycles. The van der Waals surface area contributed by atoms with Crippen LogP contribution in [0.4, 0.5) is 0 Å². The van der Waals surface area contributed by atoms with E-state index in [0.29, 0.717) is 24.4 Å². The largest absolute Gasteiger partial charge is 0.395 e. The number of rotatable bonds is 7. The van der Waals surface area contributed by atoms with Crippen molar-refractivity contribution in [3.05, 3.63) is 0 Å². The summed E-state index contributed by atoms with van der Waals surface area (Å²) in [6.07, 6.45) is 4.42. The zero-order chi connectivity index (χ0) is 14.3. The first kappa shape index (κ1) is 16.3. The number of aliphatic hydroxyl groups excluding tert-OH is 1. The molecule has 1 unspecified atom stereocenters. The van der Waals surface area contributed by atoms with Crippen LogP contribution in [0.1, 0.15) is 32.1 Å². The molecule has 1 heterocycles. The van der Waals surface area contributed by atoms with Crippen LogP contribution in [0, 0.1) is 0 Å². The maximum atomic E-state index is 11.9. The average Bonchev–Trinajstić information content (AvgIpc) is 2.42. The zero-order valence-electron chi connectivity index (χ0n) is 11.7. The summed E-state index contributed by atoms with van der Waals surface area (Å²) in [7, 11) is 1.78. The van der Waals surface area contributed by atoms with Crippen LogP contribution in [-0.2, 0) is 4.79 Å². The van der Waals surface area contributed by atoms with E-state index >= 15 is 0 Å². The molecule has 0 bridgehead atoms. The molecule has 1 aliphatic rings. The van der Waals surface area contributed by atoms with E-state index in [1.807, 2.05) is 0 Å². The fourth-order valence-corrected chi connectivity index (χ4v) is 2.49. The Hall–Kier alpha value is -0.720. The monoisotopic (exact) mass is 287 g/mol. The molecule has 6 heteroatoms. The van der Waals surface area contributed by atoms with Gasteiger partial charge in [0.1, 0.15) is 0 Å². The molecule has 0 radical (unpaired) electrons. The van der Waals surface area contributed by atoms with Crippen molar-refractivity contribution in [1.29, 1.82) is 0 Å². The highest BCUT2D eigenvalue weighted by molar-refractivity contribution is 7.80. The van der Waals surface area contributed by atoms with Crippen molar-refractivity contribution in [3.8, 4) is 0 Å². The minimum absolute atomic E-state index is 0.110. The molecule has 1 aliphatic heterocycles. The zero-order valence-corrected chi connectivity index (χ0v) is 12.5. The van der Waals surface area contributed by atoms with Gasteiger partial charge >= 0.3 is 0 Å². The summed E-state index contributed by atoms with van der Waals surface area (Å²) in [6, 6.07) is 0.225. The normalized spacial score (nSPS) is 20.2. The molecule has 110 valence electrons. The lowest BCUT2D eigenvalue weighted by molar-refractivity contribution is -0.130. The van der Waals surface area contributed by atoms with Crippen LogP contribution >= 0.6 is 12.2 Å². The van der Waals surface area contributed by atoms with Gasteiger partial charge in [-0.1, -0.05) is 18.6 Å². The number of carbonyl (C=O) groups is 1. The Morgan fingerprint density at radius 3 is 2.84 bits per heavy atom. The summed E-state index contributed by atoms with van der Waals surface area (Å²) in [5.41, 5.74) is 5.43. The van der Waals surface area contributed by atoms with Crippen molar-refractivity contribution >= 4 is 23.1 Å². The maximum absolute atomic E-state index is 11.9. The van der Waals surface area contributed by atoms with Gasteiger partial charge in [-0.05, 0) is 19.4 Å². The summed E-state index contributed by atoms with van der Waals surface area (Å²) >= 11 is 4.80. The Labute approximate surface area is 120 Å². The van der Waals surface area contributed by atoms with Gasteiger partial charge < -0.3 is 15.7 Å². The molecule has 0 aromatic carbocycles. The van der Waals surface area contributed by atoms with Gasteiger partial charge in [0, 0.05) is 39.0 Å². The van der Waals surface area contributed by atoms with E-state index in [-0.39, 0.29) is 18.6 Å². The molecular weight excluding hydrogens is 262 g/mol. The maximum Gasteiger partial charge on any atom is 0.223 e. The lowest BCUT2D eigenvalue weighted by Crippen LogP contribution is -2.43. The third kappa shape index (κ3) is 5.84. The highest BCUT2D eigenvalue weighted by Gasteiger charge is 2.22. The number of piperidine rings is 1. The Morgan fingerprint density at radius 2 is 2.21 bits per heavy atom. The van der Waals surface area contributed by atoms with Gasteiger partial charge in [-0.3, -0.25) is 9.69 Å². The Morgan fingerprint density at radius 1 is 1.47 bits per heavy atom. The highest BCUT2D eigenvalue weighted by atomic mass is 32.1. The van der Waals surface area contributed by atoms with E-state index in [0.717, 1.165) is 25.9 Å². The van der Waals surface area contributed by atoms with E-state index in [1.165, 1.54) is 6.42 Å². The minimum atomic E-state index is 0.110. The number of amides is 1. The van der Waals surface area contributed by atoms with Crippen molar-refractivity contribution < 1.29 is 9.90 Å². The van der Waals surface area contributed by atoms with Crippen LogP contribution in [0.3, 0.4) is 0 Å². The van der Waals surface area contributed by atoms with Crippen molar-refractivity contribution in [2.24, 2.45) is 5.73 Å². The van der Waals surface area contributed by atoms with Gasteiger partial charge in [-0.2, -0.15) is 0 Å². The molecule has 0 aromatic rings. The van der Waals surface area contributed by atoms with Crippen molar-refractivity contribution in [2.45, 2.75) is 38.1 Å². The SMILES string of the molecule is CN(CCC(N)=S)C(=O)CCN1CCCCC1CO. The fourth-order valence-electron chi connectivity index (χ4n) is 2.39. The van der Waals surface area contributed by atoms with E-state index in [4.69, 9.17) is 18.0 Å². The summed E-state index contributed by atoms with van der Waals surface area (Å²) in [6.45, 7) is 2.47. The van der Waals surface area contributed by atoms with Crippen LogP contribution in [-0.4, -0.2) is 65.1 Å². The van der Waals surface area contributed by atoms with Gasteiger partial charge in [0.05, 0.1) is 11.6 Å². The average molecular weight is 287 g/mol. The smallest absolute Gasteiger partial charge is 0.223 e. The van der Waals surface area contributed by atoms with E-state index in [1.54, 1.807) is 11.9 Å². The Balaban J connectivity index is 2.29. The molecule has 5 nitrogen and oxygen atoms in total. The van der Waals surface area contributed by atoms with Crippen LogP contribution in [0.25, 0.3) is 0 Å². The van der Waals surface area contributed by atoms with Crippen LogP contribution < -0.4 is 5.73 Å². The number of carbonyl (C=O) groups excluding carboxylic acids is 1. The summed E-state index contributed by atoms with van der Waals surface area (Å²) in [5.74, 6) is 0.110. The molecule has 3 N–H and O–H groups in total. The molecule has 1 fully saturated rings. The minimum Gasteiger partial charge on any atom is -0.395 e. The number of likely N-dealkylation sites (tertiary alicyclic amines) is 1. The van der Waals surface area contributed by atoms with Gasteiger partial charge in [0.25, 0.3) is 0 Å². The number of hydrogen-bond donors (Lipinski definition) is 2. The van der Waals surface area contributed by atoms with Gasteiger partial charge in [0.2, 0.25) is 5.91 Å². The molecule has 0 spiro atoms. The predicted molar refractivity (Wildman–Crippen MR) is 80.0 cm³/mol. The van der Waals surface area contributed by atoms with E-state index in [9.17, 15) is 9.90 Å². The van der Waals surface area contributed by atoms with Crippen LogP contribution in [0.2, 0.25) is 0 Å². The predicted octanol–water partition coefficient (Wildman–Crippen LogP) is 0.358. The van der Waals surface area contributed by atoms with Gasteiger partial charge in [0.15, 0.2) is 0 Å². The summed E-state index contributed by atoms with van der Waals surface area (Å²) in [5, 5.41) is 9.32. The number of thiocarbonyl (C=S) groups is 1. The molecule has 19 heavy (non-hydrogen) atoms. The Bertz CT molecular complexity index is 312. The number of nitrogens with zero attached hydrogens (tertiary/aromatic N) is 2. The van der Waals surface area contributed by atoms with Crippen LogP contribution in [0.15, 0.2) is 0 Å². The third-order valence-corrected chi connectivity index (χ3v) is 3.90. The highest BCUT2D eigenvalue weighted by Crippen LogP contribution is 2.16. The van der Waals surface area contributed by atoms with E-state index in [2.05, 4.69) is 4.90 Å². The number of nitrogens with two attached hydrogens (primary N) is 1. The van der Waals surface area contributed by atoms with Crippen molar-refractivity contribution in [2.75, 3.05) is 33.3 Å². The molecule has 1 rings (SSSR count). The fraction of sp³-hybridized carbons (Fsp3) is 0.846. The first-order valence-electron chi connectivity index (χ1n) is 6.91. The molecule has 1 atom stereocenters. The van der Waals surface area contributed by atoms with Gasteiger partial charge in [-0.15, -0.1) is 0 Å². The Kier molecular flexibility index (Phi) is 7.27. The first-order chi connectivity index (χ1) is 9.04. The molecule has 1 amide bonds. The van der Waals surface area contributed by atoms with E-state index < -0.39 is 0 Å². The lowest BCUT2D eigenvalue weighted by atomic mass is 10.0. The molecule has 0 saturated carbocycles. The summed E-state index contributed by atoms with van der Waals surface area (Å²) in [4.78, 5) is 16.3. The quantitative estimate of drug-likeness (QED) is 0.662. The van der Waals surface area contributed by atoms with Crippen molar-refractivity contribution in [3.63, 3.8) is 0 Å². The second-order valence-corrected chi connectivity index (χ2v) is 5.67. The molecular formula is C13H25N3O2S. The summed E-state index contributed by atoms with van der Waals surface area (Å²) < 4.78 is 0.